The molecule has 7 rings (SSSR count). The highest BCUT2D eigenvalue weighted by molar-refractivity contribution is 6.26. The van der Waals surface area contributed by atoms with Crippen LogP contribution in [0.1, 0.15) is 51.0 Å². The van der Waals surface area contributed by atoms with Crippen molar-refractivity contribution in [3.05, 3.63) is 53.8 Å². The van der Waals surface area contributed by atoms with Gasteiger partial charge in [0.25, 0.3) is 0 Å². The van der Waals surface area contributed by atoms with E-state index in [1.54, 1.807) is 6.20 Å². The van der Waals surface area contributed by atoms with Gasteiger partial charge in [0.15, 0.2) is 0 Å². The van der Waals surface area contributed by atoms with Crippen LogP contribution in [0.5, 0.6) is 0 Å². The number of likely N-dealkylation sites (N-methyl/N-ethyl adjacent to an activating group) is 1. The summed E-state index contributed by atoms with van der Waals surface area (Å²) in [5, 5.41) is 24.3. The van der Waals surface area contributed by atoms with E-state index < -0.39 is 28.3 Å². The van der Waals surface area contributed by atoms with Gasteiger partial charge in [0.2, 0.25) is 0 Å². The molecular formula is C30H36ClN3O3. The van der Waals surface area contributed by atoms with Crippen LogP contribution in [0.3, 0.4) is 0 Å². The van der Waals surface area contributed by atoms with E-state index in [0.717, 1.165) is 48.4 Å². The van der Waals surface area contributed by atoms with Gasteiger partial charge >= 0.3 is 0 Å². The van der Waals surface area contributed by atoms with Crippen molar-refractivity contribution in [2.75, 3.05) is 19.8 Å². The topological polar surface area (TPSA) is 91.8 Å². The fourth-order valence-electron chi connectivity index (χ4n) is 8.80. The largest absolute Gasteiger partial charge is 0.388 e. The molecule has 8 atom stereocenters. The Labute approximate surface area is 223 Å². The van der Waals surface area contributed by atoms with Gasteiger partial charge in [0.05, 0.1) is 22.2 Å². The van der Waals surface area contributed by atoms with Crippen molar-refractivity contribution in [3.63, 3.8) is 0 Å². The molecule has 1 saturated heterocycles. The Morgan fingerprint density at radius 3 is 2.73 bits per heavy atom. The third kappa shape index (κ3) is 2.94. The number of rotatable bonds is 2. The number of aromatic nitrogens is 1. The lowest BCUT2D eigenvalue weighted by Crippen LogP contribution is -2.68. The predicted molar refractivity (Wildman–Crippen MR) is 146 cm³/mol. The van der Waals surface area contributed by atoms with Gasteiger partial charge in [-0.2, -0.15) is 0 Å². The number of nitrogen functional groups attached to an aromatic ring is 1. The average molecular weight is 522 g/mol. The molecule has 1 aromatic heterocycles. The number of nitrogens with zero attached hydrogens (tertiary/aromatic N) is 2. The molecule has 4 N–H and O–H groups in total. The zero-order valence-electron chi connectivity index (χ0n) is 21.7. The molecule has 3 heterocycles. The summed E-state index contributed by atoms with van der Waals surface area (Å²) in [5.74, 6) is 0.792. The molecule has 5 aliphatic rings. The highest BCUT2D eigenvalue weighted by Crippen LogP contribution is 2.71. The van der Waals surface area contributed by atoms with Crippen LogP contribution >= 0.6 is 11.6 Å². The smallest absolute Gasteiger partial charge is 0.131 e. The summed E-state index contributed by atoms with van der Waals surface area (Å²) >= 11 is 7.56. The molecule has 2 spiro atoms. The van der Waals surface area contributed by atoms with E-state index in [1.165, 1.54) is 11.1 Å². The lowest BCUT2D eigenvalue weighted by Gasteiger charge is -2.61. The number of benzene rings is 1. The number of nitrogens with two attached hydrogens (primary N) is 1. The van der Waals surface area contributed by atoms with E-state index >= 15 is 0 Å². The van der Waals surface area contributed by atoms with Crippen LogP contribution in [0.15, 0.2) is 48.2 Å². The first-order chi connectivity index (χ1) is 17.5. The monoisotopic (exact) mass is 521 g/mol. The van der Waals surface area contributed by atoms with Crippen molar-refractivity contribution < 1.29 is 14.9 Å². The average Bonchev–Trinajstić information content (AvgIpc) is 3.40. The number of fused-ring (bicyclic) bond motifs is 2. The highest BCUT2D eigenvalue weighted by atomic mass is 35.5. The molecule has 3 fully saturated rings. The van der Waals surface area contributed by atoms with Crippen LogP contribution in [-0.2, 0) is 4.74 Å². The number of alkyl halides is 1. The van der Waals surface area contributed by atoms with Gasteiger partial charge in [-0.1, -0.05) is 31.2 Å². The standard InChI is InChI=1S/C30H36ClN3O3/c1-27-9-11-29(31)15-21-24(35)25(36)22(34(2)3)16-28(21)10-12-30(29,37-28)23(27)7-6-20(27)18-4-5-19-17(14-18)8-13-33-26(19)32/h4-6,8,13-15,22-25,35-36H,7,9-12,16H2,1-3H3,(H2,32,33). The summed E-state index contributed by atoms with van der Waals surface area (Å²) in [4.78, 5) is 5.56. The van der Waals surface area contributed by atoms with Crippen LogP contribution < -0.4 is 5.73 Å². The van der Waals surface area contributed by atoms with Crippen molar-refractivity contribution >= 4 is 33.8 Å². The Morgan fingerprint density at radius 1 is 1.14 bits per heavy atom. The molecule has 2 aliphatic heterocycles. The number of anilines is 1. The number of allylic oxidation sites excluding steroid dienone is 2. The van der Waals surface area contributed by atoms with Gasteiger partial charge in [-0.25, -0.2) is 4.98 Å². The first-order valence-electron chi connectivity index (χ1n) is 13.5. The minimum absolute atomic E-state index is 0.0741. The van der Waals surface area contributed by atoms with Gasteiger partial charge in [0.1, 0.15) is 11.9 Å². The van der Waals surface area contributed by atoms with Crippen molar-refractivity contribution in [1.29, 1.82) is 0 Å². The molecule has 2 bridgehead atoms. The number of hydrogen-bond donors (Lipinski definition) is 3. The summed E-state index contributed by atoms with van der Waals surface area (Å²) in [7, 11) is 3.92. The molecule has 196 valence electrons. The second-order valence-electron chi connectivity index (χ2n) is 12.6. The Balaban J connectivity index is 1.30. The molecule has 3 aliphatic carbocycles. The lowest BCUT2D eigenvalue weighted by atomic mass is 9.54. The number of hydrogen-bond acceptors (Lipinski definition) is 6. The first kappa shape index (κ1) is 24.1. The van der Waals surface area contributed by atoms with E-state index in [9.17, 15) is 10.2 Å². The van der Waals surface area contributed by atoms with Gasteiger partial charge in [-0.15, -0.1) is 11.6 Å². The van der Waals surface area contributed by atoms with E-state index in [4.69, 9.17) is 22.1 Å². The van der Waals surface area contributed by atoms with E-state index in [0.29, 0.717) is 12.2 Å². The maximum atomic E-state index is 11.2. The minimum Gasteiger partial charge on any atom is -0.388 e. The molecule has 6 nitrogen and oxygen atoms in total. The molecule has 0 radical (unpaired) electrons. The Morgan fingerprint density at radius 2 is 1.95 bits per heavy atom. The Bertz CT molecular complexity index is 1380. The number of aliphatic hydroxyl groups is 2. The zero-order chi connectivity index (χ0) is 26.0. The molecule has 0 amide bonds. The quantitative estimate of drug-likeness (QED) is 0.403. The highest BCUT2D eigenvalue weighted by Gasteiger charge is 2.73. The third-order valence-corrected chi connectivity index (χ3v) is 11.4. The fraction of sp³-hybridized carbons (Fsp3) is 0.567. The Kier molecular flexibility index (Phi) is 4.94. The third-order valence-electron chi connectivity index (χ3n) is 10.7. The second-order valence-corrected chi connectivity index (χ2v) is 13.2. The maximum absolute atomic E-state index is 11.2. The summed E-state index contributed by atoms with van der Waals surface area (Å²) in [6.45, 7) is 2.39. The summed E-state index contributed by atoms with van der Waals surface area (Å²) < 4.78 is 7.28. The predicted octanol–water partition coefficient (Wildman–Crippen LogP) is 4.28. The molecule has 37 heavy (non-hydrogen) atoms. The second kappa shape index (κ2) is 7.57. The number of halogens is 1. The normalized spacial score (nSPS) is 44.3. The number of ether oxygens (including phenoxy) is 1. The van der Waals surface area contributed by atoms with Crippen LogP contribution in [0.25, 0.3) is 16.3 Å². The lowest BCUT2D eigenvalue weighted by molar-refractivity contribution is -0.199. The molecule has 7 heteroatoms. The van der Waals surface area contributed by atoms with Crippen LogP contribution in [0.4, 0.5) is 5.82 Å². The zero-order valence-corrected chi connectivity index (χ0v) is 22.5. The van der Waals surface area contributed by atoms with Gasteiger partial charge in [0, 0.05) is 23.5 Å². The van der Waals surface area contributed by atoms with Crippen LogP contribution in [0, 0.1) is 11.3 Å². The van der Waals surface area contributed by atoms with E-state index in [1.807, 2.05) is 25.1 Å². The molecule has 2 aromatic rings. The van der Waals surface area contributed by atoms with Crippen LogP contribution in [-0.4, -0.2) is 68.5 Å². The van der Waals surface area contributed by atoms with Gasteiger partial charge in [-0.3, -0.25) is 0 Å². The Hall–Kier alpha value is -1.96. The van der Waals surface area contributed by atoms with Crippen molar-refractivity contribution in [2.24, 2.45) is 11.3 Å². The maximum Gasteiger partial charge on any atom is 0.131 e. The molecule has 8 unspecified atom stereocenters. The van der Waals surface area contributed by atoms with Gasteiger partial charge in [-0.05, 0) is 92.3 Å². The number of pyridine rings is 1. The first-order valence-corrected chi connectivity index (χ1v) is 13.9. The van der Waals surface area contributed by atoms with Gasteiger partial charge < -0.3 is 25.6 Å². The number of aliphatic hydroxyl groups excluding tert-OH is 2. The summed E-state index contributed by atoms with van der Waals surface area (Å²) in [6, 6.07) is 8.36. The van der Waals surface area contributed by atoms with Crippen molar-refractivity contribution in [1.82, 2.24) is 9.88 Å². The van der Waals surface area contributed by atoms with Crippen molar-refractivity contribution in [3.8, 4) is 0 Å². The van der Waals surface area contributed by atoms with Crippen LogP contribution in [0.2, 0.25) is 0 Å². The summed E-state index contributed by atoms with van der Waals surface area (Å²) in [6.07, 6.45) is 9.45. The molecule has 1 aromatic carbocycles. The van der Waals surface area contributed by atoms with E-state index in [2.05, 4.69) is 42.3 Å². The molecular weight excluding hydrogens is 486 g/mol. The van der Waals surface area contributed by atoms with E-state index in [-0.39, 0.29) is 17.4 Å². The SMILES string of the molecule is CN(C)C1CC23CCC4(O2)C2CC=C(c5ccc6c(N)nccc6c5)C2(C)CCC4(Cl)C=C3C(O)C1O. The minimum atomic E-state index is -0.960. The summed E-state index contributed by atoms with van der Waals surface area (Å²) in [5.41, 5.74) is 8.37. The molecule has 2 saturated carbocycles. The van der Waals surface area contributed by atoms with Crippen molar-refractivity contribution in [2.45, 2.75) is 79.8 Å². The fourth-order valence-corrected chi connectivity index (χ4v) is 9.28.